The predicted octanol–water partition coefficient (Wildman–Crippen LogP) is 4.72. The van der Waals surface area contributed by atoms with E-state index in [0.29, 0.717) is 17.0 Å². The molecule has 0 N–H and O–H groups in total. The highest BCUT2D eigenvalue weighted by Gasteiger charge is 2.05. The Balaban J connectivity index is 0.000000671. The first-order chi connectivity index (χ1) is 6.15. The SMILES string of the molecule is CC.CCc1cc(Cl)cc(Cl)c1F. The summed E-state index contributed by atoms with van der Waals surface area (Å²) in [6.45, 7) is 5.85. The van der Waals surface area contributed by atoms with Crippen LogP contribution in [0.2, 0.25) is 10.0 Å². The van der Waals surface area contributed by atoms with Gasteiger partial charge in [0.05, 0.1) is 5.02 Å². The van der Waals surface area contributed by atoms with Gasteiger partial charge in [0, 0.05) is 5.02 Å². The zero-order chi connectivity index (χ0) is 10.4. The summed E-state index contributed by atoms with van der Waals surface area (Å²) in [5, 5.41) is 0.572. The minimum Gasteiger partial charge on any atom is -0.205 e. The predicted molar refractivity (Wildman–Crippen MR) is 57.1 cm³/mol. The molecular formula is C10H13Cl2F. The molecular weight excluding hydrogens is 210 g/mol. The Hall–Kier alpha value is -0.270. The van der Waals surface area contributed by atoms with Crippen LogP contribution in [0, 0.1) is 5.82 Å². The lowest BCUT2D eigenvalue weighted by atomic mass is 10.1. The Morgan fingerprint density at radius 2 is 1.77 bits per heavy atom. The maximum absolute atomic E-state index is 13.0. The second-order valence-corrected chi connectivity index (χ2v) is 3.06. The second kappa shape index (κ2) is 6.22. The van der Waals surface area contributed by atoms with Crippen molar-refractivity contribution in [3.63, 3.8) is 0 Å². The Morgan fingerprint density at radius 1 is 1.23 bits per heavy atom. The molecule has 1 rings (SSSR count). The molecule has 0 heterocycles. The number of benzene rings is 1. The Morgan fingerprint density at radius 3 is 2.23 bits per heavy atom. The fraction of sp³-hybridized carbons (Fsp3) is 0.400. The van der Waals surface area contributed by atoms with E-state index in [2.05, 4.69) is 0 Å². The molecule has 0 saturated carbocycles. The minimum atomic E-state index is -0.362. The zero-order valence-corrected chi connectivity index (χ0v) is 9.51. The van der Waals surface area contributed by atoms with Crippen molar-refractivity contribution in [2.24, 2.45) is 0 Å². The van der Waals surface area contributed by atoms with Crippen LogP contribution in [-0.2, 0) is 6.42 Å². The van der Waals surface area contributed by atoms with Gasteiger partial charge in [-0.3, -0.25) is 0 Å². The number of hydrogen-bond acceptors (Lipinski definition) is 0. The van der Waals surface area contributed by atoms with Crippen LogP contribution in [0.5, 0.6) is 0 Å². The third kappa shape index (κ3) is 3.53. The molecule has 0 aromatic heterocycles. The standard InChI is InChI=1S/C8H7Cl2F.C2H6/c1-2-5-3-6(9)4-7(10)8(5)11;1-2/h3-4H,2H2,1H3;1-2H3. The number of halogens is 3. The molecule has 0 spiro atoms. The Bertz CT molecular complexity index is 272. The van der Waals surface area contributed by atoms with E-state index in [-0.39, 0.29) is 10.8 Å². The van der Waals surface area contributed by atoms with E-state index >= 15 is 0 Å². The Labute approximate surface area is 88.7 Å². The lowest BCUT2D eigenvalue weighted by Gasteiger charge is -2.01. The van der Waals surface area contributed by atoms with Gasteiger partial charge in [0.25, 0.3) is 0 Å². The average Bonchev–Trinajstić information content (AvgIpc) is 2.14. The van der Waals surface area contributed by atoms with Crippen LogP contribution in [0.3, 0.4) is 0 Å². The van der Waals surface area contributed by atoms with E-state index in [1.807, 2.05) is 20.8 Å². The van der Waals surface area contributed by atoms with E-state index in [1.54, 1.807) is 6.07 Å². The molecule has 0 atom stereocenters. The van der Waals surface area contributed by atoms with Gasteiger partial charge in [-0.1, -0.05) is 44.0 Å². The molecule has 0 saturated heterocycles. The highest BCUT2D eigenvalue weighted by Crippen LogP contribution is 2.23. The van der Waals surface area contributed by atoms with Crippen molar-refractivity contribution in [1.82, 2.24) is 0 Å². The smallest absolute Gasteiger partial charge is 0.145 e. The Kier molecular flexibility index (Phi) is 6.10. The molecule has 0 aliphatic heterocycles. The largest absolute Gasteiger partial charge is 0.205 e. The highest BCUT2D eigenvalue weighted by atomic mass is 35.5. The molecule has 3 heteroatoms. The molecule has 0 aliphatic rings. The van der Waals surface area contributed by atoms with Crippen LogP contribution in [-0.4, -0.2) is 0 Å². The molecule has 0 nitrogen and oxygen atoms in total. The van der Waals surface area contributed by atoms with Gasteiger partial charge in [0.2, 0.25) is 0 Å². The third-order valence-electron chi connectivity index (χ3n) is 1.45. The van der Waals surface area contributed by atoms with Crippen LogP contribution in [0.1, 0.15) is 26.3 Å². The fourth-order valence-electron chi connectivity index (χ4n) is 0.867. The van der Waals surface area contributed by atoms with Gasteiger partial charge in [-0.15, -0.1) is 0 Å². The van der Waals surface area contributed by atoms with E-state index in [4.69, 9.17) is 23.2 Å². The van der Waals surface area contributed by atoms with Crippen molar-refractivity contribution >= 4 is 23.2 Å². The van der Waals surface area contributed by atoms with E-state index in [1.165, 1.54) is 6.07 Å². The van der Waals surface area contributed by atoms with Gasteiger partial charge < -0.3 is 0 Å². The monoisotopic (exact) mass is 222 g/mol. The summed E-state index contributed by atoms with van der Waals surface area (Å²) in [5.74, 6) is -0.362. The van der Waals surface area contributed by atoms with E-state index in [9.17, 15) is 4.39 Å². The molecule has 0 radical (unpaired) electrons. The first-order valence-electron chi connectivity index (χ1n) is 4.28. The molecule has 0 aliphatic carbocycles. The van der Waals surface area contributed by atoms with Crippen LogP contribution in [0.25, 0.3) is 0 Å². The van der Waals surface area contributed by atoms with Crippen molar-refractivity contribution in [2.75, 3.05) is 0 Å². The van der Waals surface area contributed by atoms with Gasteiger partial charge in [-0.25, -0.2) is 4.39 Å². The fourth-order valence-corrected chi connectivity index (χ4v) is 1.40. The summed E-state index contributed by atoms with van der Waals surface area (Å²) >= 11 is 11.2. The summed E-state index contributed by atoms with van der Waals surface area (Å²) in [6, 6.07) is 2.99. The molecule has 0 unspecified atom stereocenters. The number of rotatable bonds is 1. The molecule has 0 bridgehead atoms. The van der Waals surface area contributed by atoms with Gasteiger partial charge in [0.15, 0.2) is 0 Å². The van der Waals surface area contributed by atoms with Crippen LogP contribution in [0.15, 0.2) is 12.1 Å². The maximum atomic E-state index is 13.0. The van der Waals surface area contributed by atoms with Crippen molar-refractivity contribution in [3.05, 3.63) is 33.6 Å². The highest BCUT2D eigenvalue weighted by molar-refractivity contribution is 6.34. The molecule has 1 aromatic rings. The topological polar surface area (TPSA) is 0 Å². The maximum Gasteiger partial charge on any atom is 0.145 e. The normalized spacial score (nSPS) is 9.08. The van der Waals surface area contributed by atoms with Crippen LogP contribution in [0.4, 0.5) is 4.39 Å². The summed E-state index contributed by atoms with van der Waals surface area (Å²) in [6.07, 6.45) is 0.603. The number of hydrogen-bond donors (Lipinski definition) is 0. The van der Waals surface area contributed by atoms with Crippen LogP contribution < -0.4 is 0 Å². The quantitative estimate of drug-likeness (QED) is 0.604. The summed E-state index contributed by atoms with van der Waals surface area (Å²) in [4.78, 5) is 0. The molecule has 74 valence electrons. The van der Waals surface area contributed by atoms with E-state index < -0.39 is 0 Å². The van der Waals surface area contributed by atoms with Gasteiger partial charge in [-0.2, -0.15) is 0 Å². The lowest BCUT2D eigenvalue weighted by molar-refractivity contribution is 0.612. The van der Waals surface area contributed by atoms with E-state index in [0.717, 1.165) is 0 Å². The molecule has 13 heavy (non-hydrogen) atoms. The second-order valence-electron chi connectivity index (χ2n) is 2.21. The minimum absolute atomic E-state index is 0.0920. The molecule has 1 aromatic carbocycles. The zero-order valence-electron chi connectivity index (χ0n) is 8.00. The van der Waals surface area contributed by atoms with Gasteiger partial charge >= 0.3 is 0 Å². The molecule has 0 fully saturated rings. The van der Waals surface area contributed by atoms with Crippen molar-refractivity contribution < 1.29 is 4.39 Å². The third-order valence-corrected chi connectivity index (χ3v) is 1.94. The van der Waals surface area contributed by atoms with Crippen molar-refractivity contribution in [2.45, 2.75) is 27.2 Å². The summed E-state index contributed by atoms with van der Waals surface area (Å²) < 4.78 is 13.0. The average molecular weight is 223 g/mol. The van der Waals surface area contributed by atoms with Gasteiger partial charge in [0.1, 0.15) is 5.82 Å². The first-order valence-corrected chi connectivity index (χ1v) is 5.04. The first kappa shape index (κ1) is 12.7. The summed E-state index contributed by atoms with van der Waals surface area (Å²) in [7, 11) is 0. The van der Waals surface area contributed by atoms with Gasteiger partial charge in [-0.05, 0) is 24.1 Å². The molecule has 0 amide bonds. The van der Waals surface area contributed by atoms with Crippen molar-refractivity contribution in [1.29, 1.82) is 0 Å². The van der Waals surface area contributed by atoms with Crippen molar-refractivity contribution in [3.8, 4) is 0 Å². The lowest BCUT2D eigenvalue weighted by Crippen LogP contribution is -1.88. The summed E-state index contributed by atoms with van der Waals surface area (Å²) in [5.41, 5.74) is 0.558. The van der Waals surface area contributed by atoms with Crippen LogP contribution >= 0.6 is 23.2 Å². The number of aryl methyl sites for hydroxylation is 1.